The SMILES string of the molecule is CCCNC(CCc1cccc(C)c1)c1ccc(Cl)cc1. The third-order valence-electron chi connectivity index (χ3n) is 3.72. The molecule has 0 fully saturated rings. The molecular weight excluding hydrogens is 278 g/mol. The summed E-state index contributed by atoms with van der Waals surface area (Å²) in [4.78, 5) is 0. The lowest BCUT2D eigenvalue weighted by molar-refractivity contribution is 0.499. The summed E-state index contributed by atoms with van der Waals surface area (Å²) in [5, 5.41) is 4.44. The minimum Gasteiger partial charge on any atom is -0.310 e. The van der Waals surface area contributed by atoms with Gasteiger partial charge in [-0.3, -0.25) is 0 Å². The Morgan fingerprint density at radius 1 is 1.10 bits per heavy atom. The average molecular weight is 302 g/mol. The van der Waals surface area contributed by atoms with Crippen molar-refractivity contribution in [3.63, 3.8) is 0 Å². The summed E-state index contributed by atoms with van der Waals surface area (Å²) in [7, 11) is 0. The van der Waals surface area contributed by atoms with Crippen molar-refractivity contribution < 1.29 is 0 Å². The van der Waals surface area contributed by atoms with E-state index in [1.807, 2.05) is 12.1 Å². The third-order valence-corrected chi connectivity index (χ3v) is 3.97. The molecule has 2 rings (SSSR count). The van der Waals surface area contributed by atoms with Gasteiger partial charge in [-0.05, 0) is 56.0 Å². The van der Waals surface area contributed by atoms with Gasteiger partial charge >= 0.3 is 0 Å². The van der Waals surface area contributed by atoms with Crippen LogP contribution in [0.5, 0.6) is 0 Å². The molecule has 0 aliphatic heterocycles. The first-order valence-corrected chi connectivity index (χ1v) is 8.11. The summed E-state index contributed by atoms with van der Waals surface area (Å²) in [6.45, 7) is 5.39. The van der Waals surface area contributed by atoms with E-state index in [4.69, 9.17) is 11.6 Å². The molecule has 0 radical (unpaired) electrons. The van der Waals surface area contributed by atoms with Crippen molar-refractivity contribution >= 4 is 11.6 Å². The Kier molecular flexibility index (Phi) is 6.28. The second kappa shape index (κ2) is 8.21. The smallest absolute Gasteiger partial charge is 0.0406 e. The number of nitrogens with one attached hydrogen (secondary N) is 1. The first kappa shape index (κ1) is 16.1. The molecule has 1 nitrogen and oxygen atoms in total. The minimum absolute atomic E-state index is 0.391. The predicted octanol–water partition coefficient (Wildman–Crippen LogP) is 5.32. The maximum Gasteiger partial charge on any atom is 0.0406 e. The Morgan fingerprint density at radius 2 is 1.86 bits per heavy atom. The highest BCUT2D eigenvalue weighted by molar-refractivity contribution is 6.30. The summed E-state index contributed by atoms with van der Waals surface area (Å²) in [6.07, 6.45) is 3.34. The number of rotatable bonds is 7. The standard InChI is InChI=1S/C19H24ClN/c1-3-13-21-19(17-8-10-18(20)11-9-17)12-7-16-6-4-5-15(2)14-16/h4-6,8-11,14,19,21H,3,7,12-13H2,1-2H3. The number of hydrogen-bond donors (Lipinski definition) is 1. The monoisotopic (exact) mass is 301 g/mol. The first-order valence-electron chi connectivity index (χ1n) is 7.73. The molecule has 21 heavy (non-hydrogen) atoms. The molecule has 0 saturated carbocycles. The van der Waals surface area contributed by atoms with Crippen LogP contribution in [0, 0.1) is 6.92 Å². The summed E-state index contributed by atoms with van der Waals surface area (Å²) in [5.74, 6) is 0. The fourth-order valence-electron chi connectivity index (χ4n) is 2.58. The van der Waals surface area contributed by atoms with Gasteiger partial charge in [0.2, 0.25) is 0 Å². The van der Waals surface area contributed by atoms with Gasteiger partial charge in [-0.2, -0.15) is 0 Å². The number of aryl methyl sites for hydroxylation is 2. The van der Waals surface area contributed by atoms with Crippen LogP contribution >= 0.6 is 11.6 Å². The molecular formula is C19H24ClN. The third kappa shape index (κ3) is 5.18. The van der Waals surface area contributed by atoms with Crippen LogP contribution in [0.25, 0.3) is 0 Å². The molecule has 112 valence electrons. The molecule has 2 aromatic carbocycles. The molecule has 0 bridgehead atoms. The molecule has 1 N–H and O–H groups in total. The summed E-state index contributed by atoms with van der Waals surface area (Å²) in [6, 6.07) is 17.4. The second-order valence-corrected chi connectivity index (χ2v) is 6.02. The van der Waals surface area contributed by atoms with Crippen molar-refractivity contribution in [2.45, 2.75) is 39.2 Å². The van der Waals surface area contributed by atoms with Crippen LogP contribution in [0.2, 0.25) is 5.02 Å². The van der Waals surface area contributed by atoms with E-state index in [1.54, 1.807) is 0 Å². The highest BCUT2D eigenvalue weighted by atomic mass is 35.5. The highest BCUT2D eigenvalue weighted by Crippen LogP contribution is 2.21. The van der Waals surface area contributed by atoms with Gasteiger partial charge in [-0.25, -0.2) is 0 Å². The van der Waals surface area contributed by atoms with Crippen LogP contribution in [0.15, 0.2) is 48.5 Å². The van der Waals surface area contributed by atoms with E-state index in [9.17, 15) is 0 Å². The van der Waals surface area contributed by atoms with E-state index in [0.717, 1.165) is 30.8 Å². The van der Waals surface area contributed by atoms with Crippen LogP contribution in [-0.4, -0.2) is 6.54 Å². The Bertz CT molecular complexity index is 548. The van der Waals surface area contributed by atoms with Gasteiger partial charge in [0, 0.05) is 11.1 Å². The van der Waals surface area contributed by atoms with Gasteiger partial charge in [-0.1, -0.05) is 60.5 Å². The van der Waals surface area contributed by atoms with Gasteiger partial charge in [-0.15, -0.1) is 0 Å². The van der Waals surface area contributed by atoms with Crippen molar-refractivity contribution in [1.82, 2.24) is 5.32 Å². The normalized spacial score (nSPS) is 12.3. The van der Waals surface area contributed by atoms with Crippen molar-refractivity contribution in [1.29, 1.82) is 0 Å². The Balaban J connectivity index is 2.04. The van der Waals surface area contributed by atoms with Gasteiger partial charge < -0.3 is 5.32 Å². The molecule has 0 aliphatic rings. The van der Waals surface area contributed by atoms with E-state index in [1.165, 1.54) is 16.7 Å². The molecule has 0 heterocycles. The largest absolute Gasteiger partial charge is 0.310 e. The number of hydrogen-bond acceptors (Lipinski definition) is 1. The molecule has 0 amide bonds. The van der Waals surface area contributed by atoms with Crippen molar-refractivity contribution in [2.24, 2.45) is 0 Å². The molecule has 2 aromatic rings. The molecule has 0 aliphatic carbocycles. The zero-order valence-electron chi connectivity index (χ0n) is 12.9. The van der Waals surface area contributed by atoms with Crippen LogP contribution < -0.4 is 5.32 Å². The molecule has 1 unspecified atom stereocenters. The second-order valence-electron chi connectivity index (χ2n) is 5.59. The predicted molar refractivity (Wildman–Crippen MR) is 92.0 cm³/mol. The number of halogens is 1. The maximum atomic E-state index is 5.99. The Morgan fingerprint density at radius 3 is 2.52 bits per heavy atom. The van der Waals surface area contributed by atoms with Crippen LogP contribution in [-0.2, 0) is 6.42 Å². The van der Waals surface area contributed by atoms with Crippen molar-refractivity contribution in [2.75, 3.05) is 6.54 Å². The summed E-state index contributed by atoms with van der Waals surface area (Å²) in [5.41, 5.74) is 4.06. The lowest BCUT2D eigenvalue weighted by Gasteiger charge is -2.19. The lowest BCUT2D eigenvalue weighted by Crippen LogP contribution is -2.22. The van der Waals surface area contributed by atoms with Crippen molar-refractivity contribution in [3.8, 4) is 0 Å². The van der Waals surface area contributed by atoms with E-state index in [-0.39, 0.29) is 0 Å². The van der Waals surface area contributed by atoms with E-state index in [0.29, 0.717) is 6.04 Å². The Labute approximate surface area is 133 Å². The lowest BCUT2D eigenvalue weighted by atomic mass is 9.98. The van der Waals surface area contributed by atoms with E-state index < -0.39 is 0 Å². The quantitative estimate of drug-likeness (QED) is 0.729. The fourth-order valence-corrected chi connectivity index (χ4v) is 2.70. The first-order chi connectivity index (χ1) is 10.2. The zero-order valence-corrected chi connectivity index (χ0v) is 13.7. The van der Waals surface area contributed by atoms with Gasteiger partial charge in [0.1, 0.15) is 0 Å². The van der Waals surface area contributed by atoms with Gasteiger partial charge in [0.05, 0.1) is 0 Å². The molecule has 2 heteroatoms. The maximum absolute atomic E-state index is 5.99. The minimum atomic E-state index is 0.391. The van der Waals surface area contributed by atoms with Crippen LogP contribution in [0.3, 0.4) is 0 Å². The zero-order chi connectivity index (χ0) is 15.1. The van der Waals surface area contributed by atoms with Gasteiger partial charge in [0.25, 0.3) is 0 Å². The summed E-state index contributed by atoms with van der Waals surface area (Å²) >= 11 is 5.99. The number of benzene rings is 2. The fraction of sp³-hybridized carbons (Fsp3) is 0.368. The summed E-state index contributed by atoms with van der Waals surface area (Å²) < 4.78 is 0. The highest BCUT2D eigenvalue weighted by Gasteiger charge is 2.10. The average Bonchev–Trinajstić information content (AvgIpc) is 2.49. The van der Waals surface area contributed by atoms with Crippen molar-refractivity contribution in [3.05, 3.63) is 70.2 Å². The van der Waals surface area contributed by atoms with Crippen LogP contribution in [0.4, 0.5) is 0 Å². The van der Waals surface area contributed by atoms with E-state index >= 15 is 0 Å². The van der Waals surface area contributed by atoms with Crippen LogP contribution in [0.1, 0.15) is 42.5 Å². The molecule has 1 atom stereocenters. The molecule has 0 saturated heterocycles. The topological polar surface area (TPSA) is 12.0 Å². The van der Waals surface area contributed by atoms with E-state index in [2.05, 4.69) is 55.6 Å². The Hall–Kier alpha value is -1.31. The molecule has 0 spiro atoms. The molecule has 0 aromatic heterocycles. The van der Waals surface area contributed by atoms with Gasteiger partial charge in [0.15, 0.2) is 0 Å².